The third kappa shape index (κ3) is 5.82. The van der Waals surface area contributed by atoms with Gasteiger partial charge in [0.1, 0.15) is 16.5 Å². The number of carbonyl (C=O) groups is 2. The molecule has 0 aliphatic carbocycles. The molecule has 11 heteroatoms. The first-order valence-corrected chi connectivity index (χ1v) is 12.3. The first-order chi connectivity index (χ1) is 15.6. The van der Waals surface area contributed by atoms with E-state index >= 15 is 0 Å². The van der Waals surface area contributed by atoms with Crippen LogP contribution in [0.15, 0.2) is 41.4 Å². The number of benzene rings is 1. The summed E-state index contributed by atoms with van der Waals surface area (Å²) in [6.45, 7) is 3.66. The third-order valence-corrected chi connectivity index (χ3v) is 7.62. The molecule has 1 aromatic carbocycles. The Hall–Kier alpha value is -2.69. The van der Waals surface area contributed by atoms with Gasteiger partial charge in [0, 0.05) is 18.8 Å². The van der Waals surface area contributed by atoms with E-state index in [0.29, 0.717) is 11.6 Å². The Labute approximate surface area is 198 Å². The second-order valence-corrected chi connectivity index (χ2v) is 10.0. The zero-order chi connectivity index (χ0) is 24.2. The lowest BCUT2D eigenvalue weighted by Gasteiger charge is -2.32. The van der Waals surface area contributed by atoms with E-state index in [1.54, 1.807) is 6.07 Å². The topological polar surface area (TPSA) is 115 Å². The van der Waals surface area contributed by atoms with Crippen molar-refractivity contribution >= 4 is 39.3 Å². The monoisotopic (exact) mass is 495 g/mol. The number of halogens is 1. The van der Waals surface area contributed by atoms with Gasteiger partial charge in [-0.2, -0.15) is 4.31 Å². The fourth-order valence-electron chi connectivity index (χ4n) is 3.52. The molecule has 178 valence electrons. The Balaban J connectivity index is 1.78. The molecule has 1 saturated heterocycles. The first kappa shape index (κ1) is 24.9. The van der Waals surface area contributed by atoms with Crippen LogP contribution in [0.25, 0.3) is 0 Å². The number of amides is 1. The van der Waals surface area contributed by atoms with Gasteiger partial charge in [-0.05, 0) is 57.0 Å². The number of carbonyl (C=O) groups excluding carboxylic acids is 2. The SMILES string of the molecule is COc1ccc(C(=O)OC(C)C(=O)Nc2ccc(Cl)cn2)cc1S(=O)(=O)N1CCCCC1C. The van der Waals surface area contributed by atoms with E-state index < -0.39 is 28.0 Å². The molecule has 3 rings (SSSR count). The summed E-state index contributed by atoms with van der Waals surface area (Å²) in [6, 6.07) is 6.93. The number of methoxy groups -OCH3 is 1. The van der Waals surface area contributed by atoms with Crippen LogP contribution in [0.1, 0.15) is 43.5 Å². The summed E-state index contributed by atoms with van der Waals surface area (Å²) in [6.07, 6.45) is 2.71. The molecule has 1 amide bonds. The molecule has 1 aromatic heterocycles. The number of hydrogen-bond donors (Lipinski definition) is 1. The molecule has 1 N–H and O–H groups in total. The number of hydrogen-bond acceptors (Lipinski definition) is 7. The number of rotatable bonds is 7. The van der Waals surface area contributed by atoms with Crippen LogP contribution in [-0.4, -0.2) is 55.4 Å². The van der Waals surface area contributed by atoms with E-state index in [9.17, 15) is 18.0 Å². The van der Waals surface area contributed by atoms with Gasteiger partial charge in [-0.15, -0.1) is 0 Å². The van der Waals surface area contributed by atoms with Crippen LogP contribution >= 0.6 is 11.6 Å². The number of esters is 1. The van der Waals surface area contributed by atoms with Crippen molar-refractivity contribution in [3.63, 3.8) is 0 Å². The smallest absolute Gasteiger partial charge is 0.338 e. The van der Waals surface area contributed by atoms with Gasteiger partial charge in [-0.1, -0.05) is 18.0 Å². The average Bonchev–Trinajstić information content (AvgIpc) is 2.80. The summed E-state index contributed by atoms with van der Waals surface area (Å²) < 4.78 is 38.6. The van der Waals surface area contributed by atoms with Crippen LogP contribution in [0, 0.1) is 0 Å². The minimum atomic E-state index is -3.90. The summed E-state index contributed by atoms with van der Waals surface area (Å²) in [5.74, 6) is -1.06. The zero-order valence-electron chi connectivity index (χ0n) is 18.6. The number of nitrogens with one attached hydrogen (secondary N) is 1. The van der Waals surface area contributed by atoms with Crippen molar-refractivity contribution in [1.29, 1.82) is 0 Å². The van der Waals surface area contributed by atoms with Gasteiger partial charge in [-0.25, -0.2) is 18.2 Å². The van der Waals surface area contributed by atoms with E-state index in [-0.39, 0.29) is 28.1 Å². The van der Waals surface area contributed by atoms with Crippen LogP contribution in [0.3, 0.4) is 0 Å². The lowest BCUT2D eigenvalue weighted by molar-refractivity contribution is -0.123. The number of nitrogens with zero attached hydrogens (tertiary/aromatic N) is 2. The number of ether oxygens (including phenoxy) is 2. The quantitative estimate of drug-likeness (QED) is 0.584. The molecule has 1 aliphatic heterocycles. The number of anilines is 1. The standard InChI is InChI=1S/C22H26ClN3O6S/c1-14-6-4-5-11-26(14)33(29,30)19-12-16(7-9-18(19)31-3)22(28)32-15(2)21(27)25-20-10-8-17(23)13-24-20/h7-10,12-15H,4-6,11H2,1-3H3,(H,24,25,27). The van der Waals surface area contributed by atoms with Gasteiger partial charge in [0.2, 0.25) is 10.0 Å². The fraction of sp³-hybridized carbons (Fsp3) is 0.409. The Kier molecular flexibility index (Phi) is 7.93. The first-order valence-electron chi connectivity index (χ1n) is 10.5. The molecule has 1 aliphatic rings. The second kappa shape index (κ2) is 10.5. The molecule has 0 saturated carbocycles. The largest absolute Gasteiger partial charge is 0.495 e. The van der Waals surface area contributed by atoms with Gasteiger partial charge in [0.15, 0.2) is 6.10 Å². The van der Waals surface area contributed by atoms with Gasteiger partial charge in [0.05, 0.1) is 17.7 Å². The molecule has 0 bridgehead atoms. The van der Waals surface area contributed by atoms with E-state index in [4.69, 9.17) is 21.1 Å². The van der Waals surface area contributed by atoms with Gasteiger partial charge >= 0.3 is 5.97 Å². The summed E-state index contributed by atoms with van der Waals surface area (Å²) in [5, 5.41) is 2.93. The highest BCUT2D eigenvalue weighted by atomic mass is 35.5. The maximum absolute atomic E-state index is 13.3. The highest BCUT2D eigenvalue weighted by Gasteiger charge is 2.34. The van der Waals surface area contributed by atoms with Crippen LogP contribution in [0.2, 0.25) is 5.02 Å². The summed E-state index contributed by atoms with van der Waals surface area (Å²) in [7, 11) is -2.53. The maximum atomic E-state index is 13.3. The molecule has 0 radical (unpaired) electrons. The van der Waals surface area contributed by atoms with Crippen molar-refractivity contribution in [2.45, 2.75) is 50.2 Å². The Morgan fingerprint density at radius 3 is 2.64 bits per heavy atom. The van der Waals surface area contributed by atoms with Crippen LogP contribution in [-0.2, 0) is 19.6 Å². The lowest BCUT2D eigenvalue weighted by atomic mass is 10.1. The summed E-state index contributed by atoms with van der Waals surface area (Å²) >= 11 is 5.77. The van der Waals surface area contributed by atoms with Gasteiger partial charge in [-0.3, -0.25) is 4.79 Å². The summed E-state index contributed by atoms with van der Waals surface area (Å²) in [5.41, 5.74) is -0.0108. The van der Waals surface area contributed by atoms with Crippen LogP contribution in [0.5, 0.6) is 5.75 Å². The van der Waals surface area contributed by atoms with E-state index in [2.05, 4.69) is 10.3 Å². The van der Waals surface area contributed by atoms with Crippen molar-refractivity contribution in [3.8, 4) is 5.75 Å². The number of aromatic nitrogens is 1. The van der Waals surface area contributed by atoms with Gasteiger partial charge < -0.3 is 14.8 Å². The van der Waals surface area contributed by atoms with E-state index in [1.165, 1.54) is 48.8 Å². The van der Waals surface area contributed by atoms with E-state index in [1.807, 2.05) is 6.92 Å². The predicted molar refractivity (Wildman–Crippen MR) is 123 cm³/mol. The summed E-state index contributed by atoms with van der Waals surface area (Å²) in [4.78, 5) is 28.9. The molecule has 2 aromatic rings. The number of piperidine rings is 1. The molecular formula is C22H26ClN3O6S. The predicted octanol–water partition coefficient (Wildman–Crippen LogP) is 3.49. The normalized spacial score (nSPS) is 17.8. The zero-order valence-corrected chi connectivity index (χ0v) is 20.1. The van der Waals surface area contributed by atoms with Crippen molar-refractivity contribution in [2.24, 2.45) is 0 Å². The van der Waals surface area contributed by atoms with Crippen molar-refractivity contribution in [2.75, 3.05) is 19.0 Å². The Bertz CT molecular complexity index is 1120. The van der Waals surface area contributed by atoms with Crippen LogP contribution in [0.4, 0.5) is 5.82 Å². The minimum absolute atomic E-state index is 0.0108. The van der Waals surface area contributed by atoms with Crippen molar-refractivity contribution in [1.82, 2.24) is 9.29 Å². The molecule has 9 nitrogen and oxygen atoms in total. The molecule has 1 fully saturated rings. The molecule has 33 heavy (non-hydrogen) atoms. The van der Waals surface area contributed by atoms with Crippen molar-refractivity contribution in [3.05, 3.63) is 47.1 Å². The highest BCUT2D eigenvalue weighted by Crippen LogP contribution is 2.32. The van der Waals surface area contributed by atoms with E-state index in [0.717, 1.165) is 19.3 Å². The Morgan fingerprint density at radius 1 is 1.24 bits per heavy atom. The molecule has 2 unspecified atom stereocenters. The third-order valence-electron chi connectivity index (χ3n) is 5.36. The maximum Gasteiger partial charge on any atom is 0.338 e. The fourth-order valence-corrected chi connectivity index (χ4v) is 5.51. The second-order valence-electron chi connectivity index (χ2n) is 7.72. The molecular weight excluding hydrogens is 470 g/mol. The Morgan fingerprint density at radius 2 is 2.00 bits per heavy atom. The minimum Gasteiger partial charge on any atom is -0.495 e. The molecule has 2 heterocycles. The molecule has 0 spiro atoms. The highest BCUT2D eigenvalue weighted by molar-refractivity contribution is 7.89. The number of sulfonamides is 1. The van der Waals surface area contributed by atoms with Gasteiger partial charge in [0.25, 0.3) is 5.91 Å². The van der Waals surface area contributed by atoms with Crippen LogP contribution < -0.4 is 10.1 Å². The lowest BCUT2D eigenvalue weighted by Crippen LogP contribution is -2.42. The van der Waals surface area contributed by atoms with Crippen molar-refractivity contribution < 1.29 is 27.5 Å². The average molecular weight is 496 g/mol. The molecule has 2 atom stereocenters. The number of pyridine rings is 1.